The molecule has 0 radical (unpaired) electrons. The van der Waals surface area contributed by atoms with Gasteiger partial charge in [-0.15, -0.1) is 0 Å². The van der Waals surface area contributed by atoms with E-state index in [1.807, 2.05) is 7.05 Å². The van der Waals surface area contributed by atoms with Gasteiger partial charge in [0.05, 0.1) is 12.7 Å². The van der Waals surface area contributed by atoms with Crippen molar-refractivity contribution in [1.82, 2.24) is 10.6 Å². The Hall–Kier alpha value is -1.59. The summed E-state index contributed by atoms with van der Waals surface area (Å²) < 4.78 is 11.8. The molecule has 0 spiro atoms. The molecule has 5 heteroatoms. The number of benzene rings is 1. The highest BCUT2D eigenvalue weighted by atomic mass is 16.5. The van der Waals surface area contributed by atoms with Gasteiger partial charge < -0.3 is 20.1 Å². The SMILES string of the molecule is CCCOCc1ccccc1CNC(=NC)NCC1CCCOC1C(C)(C)C. The van der Waals surface area contributed by atoms with Gasteiger partial charge in [0, 0.05) is 39.3 Å². The Morgan fingerprint density at radius 1 is 1.21 bits per heavy atom. The second kappa shape index (κ2) is 11.4. The third-order valence-electron chi connectivity index (χ3n) is 5.22. The van der Waals surface area contributed by atoms with Gasteiger partial charge in [-0.3, -0.25) is 4.99 Å². The monoisotopic (exact) mass is 389 g/mol. The molecule has 2 N–H and O–H groups in total. The topological polar surface area (TPSA) is 54.9 Å². The van der Waals surface area contributed by atoms with Crippen LogP contribution in [-0.2, 0) is 22.6 Å². The zero-order valence-corrected chi connectivity index (χ0v) is 18.4. The maximum absolute atomic E-state index is 6.10. The third-order valence-corrected chi connectivity index (χ3v) is 5.22. The fourth-order valence-corrected chi connectivity index (χ4v) is 3.83. The van der Waals surface area contributed by atoms with E-state index < -0.39 is 0 Å². The van der Waals surface area contributed by atoms with Crippen molar-refractivity contribution in [2.45, 2.75) is 66.2 Å². The van der Waals surface area contributed by atoms with Crippen LogP contribution in [0.25, 0.3) is 0 Å². The highest BCUT2D eigenvalue weighted by molar-refractivity contribution is 5.79. The van der Waals surface area contributed by atoms with Crippen LogP contribution in [-0.4, -0.2) is 38.9 Å². The largest absolute Gasteiger partial charge is 0.377 e. The molecule has 0 aromatic heterocycles. The molecule has 0 saturated carbocycles. The molecule has 1 fully saturated rings. The van der Waals surface area contributed by atoms with Gasteiger partial charge >= 0.3 is 0 Å². The molecule has 5 nitrogen and oxygen atoms in total. The van der Waals surface area contributed by atoms with Crippen LogP contribution in [0.5, 0.6) is 0 Å². The normalized spacial score (nSPS) is 20.8. The average molecular weight is 390 g/mol. The Kier molecular flexibility index (Phi) is 9.26. The molecule has 2 rings (SSSR count). The first kappa shape index (κ1) is 22.7. The van der Waals surface area contributed by atoms with Crippen molar-refractivity contribution < 1.29 is 9.47 Å². The Morgan fingerprint density at radius 2 is 1.96 bits per heavy atom. The summed E-state index contributed by atoms with van der Waals surface area (Å²) in [4.78, 5) is 4.40. The maximum atomic E-state index is 6.10. The lowest BCUT2D eigenvalue weighted by Gasteiger charge is -2.40. The average Bonchev–Trinajstić information content (AvgIpc) is 2.69. The predicted octanol–water partition coefficient (Wildman–Crippen LogP) is 4.12. The quantitative estimate of drug-likeness (QED) is 0.399. The van der Waals surface area contributed by atoms with Crippen molar-refractivity contribution in [2.24, 2.45) is 16.3 Å². The lowest BCUT2D eigenvalue weighted by molar-refractivity contribution is -0.0835. The van der Waals surface area contributed by atoms with Crippen LogP contribution < -0.4 is 10.6 Å². The fourth-order valence-electron chi connectivity index (χ4n) is 3.83. The minimum absolute atomic E-state index is 0.154. The molecule has 158 valence electrons. The zero-order valence-electron chi connectivity index (χ0n) is 18.4. The second-order valence-electron chi connectivity index (χ2n) is 8.69. The predicted molar refractivity (Wildman–Crippen MR) is 117 cm³/mol. The summed E-state index contributed by atoms with van der Waals surface area (Å²) in [6.07, 6.45) is 3.65. The highest BCUT2D eigenvalue weighted by Gasteiger charge is 2.35. The van der Waals surface area contributed by atoms with Crippen molar-refractivity contribution in [2.75, 3.05) is 26.8 Å². The minimum atomic E-state index is 0.154. The number of nitrogens with zero attached hydrogens (tertiary/aromatic N) is 1. The van der Waals surface area contributed by atoms with E-state index in [1.165, 1.54) is 17.5 Å². The number of guanidine groups is 1. The van der Waals surface area contributed by atoms with Crippen LogP contribution in [0.1, 0.15) is 58.1 Å². The van der Waals surface area contributed by atoms with E-state index in [4.69, 9.17) is 9.47 Å². The molecule has 1 aliphatic heterocycles. The molecule has 28 heavy (non-hydrogen) atoms. The lowest BCUT2D eigenvalue weighted by Crippen LogP contribution is -2.47. The zero-order chi connectivity index (χ0) is 20.4. The van der Waals surface area contributed by atoms with E-state index in [0.29, 0.717) is 12.5 Å². The van der Waals surface area contributed by atoms with Crippen molar-refractivity contribution in [3.63, 3.8) is 0 Å². The standard InChI is InChI=1S/C23H39N3O2/c1-6-13-27-17-20-11-8-7-10-18(20)15-25-22(24-5)26-16-19-12-9-14-28-21(19)23(2,3)4/h7-8,10-11,19,21H,6,9,12-17H2,1-5H3,(H2,24,25,26). The summed E-state index contributed by atoms with van der Waals surface area (Å²) >= 11 is 0. The van der Waals surface area contributed by atoms with Gasteiger partial charge in [-0.2, -0.15) is 0 Å². The van der Waals surface area contributed by atoms with Crippen LogP contribution in [0, 0.1) is 11.3 Å². The number of hydrogen-bond donors (Lipinski definition) is 2. The Morgan fingerprint density at radius 3 is 2.64 bits per heavy atom. The van der Waals surface area contributed by atoms with Gasteiger partial charge in [0.25, 0.3) is 0 Å². The third kappa shape index (κ3) is 7.10. The van der Waals surface area contributed by atoms with Gasteiger partial charge in [0.1, 0.15) is 0 Å². The molecule has 0 bridgehead atoms. The minimum Gasteiger partial charge on any atom is -0.377 e. The van der Waals surface area contributed by atoms with Crippen LogP contribution in [0.15, 0.2) is 29.3 Å². The summed E-state index contributed by atoms with van der Waals surface area (Å²) in [6, 6.07) is 8.42. The molecule has 1 heterocycles. The van der Waals surface area contributed by atoms with E-state index in [0.717, 1.165) is 45.1 Å². The van der Waals surface area contributed by atoms with E-state index in [9.17, 15) is 0 Å². The van der Waals surface area contributed by atoms with Gasteiger partial charge in [-0.25, -0.2) is 0 Å². The van der Waals surface area contributed by atoms with Gasteiger partial charge in [-0.05, 0) is 35.8 Å². The number of nitrogens with one attached hydrogen (secondary N) is 2. The van der Waals surface area contributed by atoms with Gasteiger partial charge in [0.15, 0.2) is 5.96 Å². The lowest BCUT2D eigenvalue weighted by atomic mass is 9.78. The van der Waals surface area contributed by atoms with Crippen molar-refractivity contribution in [3.8, 4) is 0 Å². The Bertz CT molecular complexity index is 610. The molecule has 1 aromatic carbocycles. The fraction of sp³-hybridized carbons (Fsp3) is 0.696. The highest BCUT2D eigenvalue weighted by Crippen LogP contribution is 2.33. The van der Waals surface area contributed by atoms with E-state index in [1.54, 1.807) is 0 Å². The number of hydrogen-bond acceptors (Lipinski definition) is 3. The first-order valence-corrected chi connectivity index (χ1v) is 10.7. The number of aliphatic imine (C=N–C) groups is 1. The summed E-state index contributed by atoms with van der Waals surface area (Å²) in [5.74, 6) is 1.34. The van der Waals surface area contributed by atoms with Crippen molar-refractivity contribution >= 4 is 5.96 Å². The van der Waals surface area contributed by atoms with E-state index in [2.05, 4.69) is 67.6 Å². The molecule has 0 aliphatic carbocycles. The smallest absolute Gasteiger partial charge is 0.191 e. The summed E-state index contributed by atoms with van der Waals surface area (Å²) in [6.45, 7) is 12.9. The molecule has 0 amide bonds. The van der Waals surface area contributed by atoms with Gasteiger partial charge in [0.2, 0.25) is 0 Å². The van der Waals surface area contributed by atoms with Crippen molar-refractivity contribution in [3.05, 3.63) is 35.4 Å². The van der Waals surface area contributed by atoms with Crippen LogP contribution in [0.2, 0.25) is 0 Å². The van der Waals surface area contributed by atoms with E-state index in [-0.39, 0.29) is 11.5 Å². The summed E-state index contributed by atoms with van der Waals surface area (Å²) in [5.41, 5.74) is 2.63. The van der Waals surface area contributed by atoms with Crippen LogP contribution in [0.4, 0.5) is 0 Å². The molecule has 2 atom stereocenters. The molecule has 1 aliphatic rings. The first-order chi connectivity index (χ1) is 13.5. The summed E-state index contributed by atoms with van der Waals surface area (Å²) in [7, 11) is 1.82. The molecular formula is C23H39N3O2. The first-order valence-electron chi connectivity index (χ1n) is 10.7. The number of ether oxygens (including phenoxy) is 2. The maximum Gasteiger partial charge on any atom is 0.191 e. The van der Waals surface area contributed by atoms with Crippen LogP contribution >= 0.6 is 0 Å². The van der Waals surface area contributed by atoms with Crippen molar-refractivity contribution in [1.29, 1.82) is 0 Å². The molecule has 1 saturated heterocycles. The summed E-state index contributed by atoms with van der Waals surface area (Å²) in [5, 5.41) is 6.96. The molecule has 2 unspecified atom stereocenters. The van der Waals surface area contributed by atoms with Crippen LogP contribution in [0.3, 0.4) is 0 Å². The van der Waals surface area contributed by atoms with E-state index >= 15 is 0 Å². The second-order valence-corrected chi connectivity index (χ2v) is 8.69. The molecule has 1 aromatic rings. The van der Waals surface area contributed by atoms with Gasteiger partial charge in [-0.1, -0.05) is 52.0 Å². The Balaban J connectivity index is 1.88. The number of rotatable bonds is 8. The Labute approximate surface area is 171 Å². The molecular weight excluding hydrogens is 350 g/mol.